The van der Waals surface area contributed by atoms with E-state index in [1.807, 2.05) is 12.1 Å². The highest BCUT2D eigenvalue weighted by molar-refractivity contribution is 7.20. The number of nitrogens with one attached hydrogen (secondary N) is 2. The Kier molecular flexibility index (Phi) is 3.44. The minimum absolute atomic E-state index is 0.213. The minimum atomic E-state index is -0.213. The number of nitrogens with zero attached hydrogens (tertiary/aromatic N) is 2. The van der Waals surface area contributed by atoms with Crippen molar-refractivity contribution < 1.29 is 4.79 Å². The molecule has 4 N–H and O–H groups in total. The third-order valence-corrected chi connectivity index (χ3v) is 4.27. The normalized spacial score (nSPS) is 10.8. The molecule has 6 nitrogen and oxygen atoms in total. The first-order valence-corrected chi connectivity index (χ1v) is 7.27. The van der Waals surface area contributed by atoms with Crippen molar-refractivity contribution >= 4 is 50.6 Å². The van der Waals surface area contributed by atoms with Gasteiger partial charge in [-0.25, -0.2) is 0 Å². The van der Waals surface area contributed by atoms with Crippen molar-refractivity contribution in [3.8, 4) is 0 Å². The Morgan fingerprint density at radius 2 is 2.14 bits per heavy atom. The van der Waals surface area contributed by atoms with E-state index in [0.29, 0.717) is 20.5 Å². The lowest BCUT2D eigenvalue weighted by Crippen LogP contribution is -2.38. The smallest absolute Gasteiger partial charge is 0.279 e. The first-order chi connectivity index (χ1) is 10.0. The van der Waals surface area contributed by atoms with Crippen LogP contribution in [0.1, 0.15) is 9.67 Å². The highest BCUT2D eigenvalue weighted by atomic mass is 35.5. The van der Waals surface area contributed by atoms with Crippen LogP contribution >= 0.6 is 22.9 Å². The number of anilines is 2. The van der Waals surface area contributed by atoms with Crippen molar-refractivity contribution in [2.24, 2.45) is 0 Å². The average Bonchev–Trinajstić information content (AvgIpc) is 3.02. The molecule has 2 heterocycles. The number of thiophene rings is 1. The van der Waals surface area contributed by atoms with Crippen LogP contribution in [0, 0.1) is 0 Å². The summed E-state index contributed by atoms with van der Waals surface area (Å²) in [4.78, 5) is 13.5. The molecule has 21 heavy (non-hydrogen) atoms. The number of carbonyl (C=O) groups is 1. The number of aromatic amines is 1. The van der Waals surface area contributed by atoms with Gasteiger partial charge in [0.2, 0.25) is 0 Å². The fraction of sp³-hybridized carbons (Fsp3) is 0.0769. The molecule has 0 aliphatic rings. The van der Waals surface area contributed by atoms with Gasteiger partial charge in [0.05, 0.1) is 16.0 Å². The van der Waals surface area contributed by atoms with Crippen LogP contribution in [0.25, 0.3) is 10.2 Å². The SMILES string of the molecule is CN(NC(=O)c1cc2c(N)[nH]nc2s1)c1ccc(Cl)cc1. The van der Waals surface area contributed by atoms with Crippen LogP contribution in [0.15, 0.2) is 30.3 Å². The number of benzene rings is 1. The van der Waals surface area contributed by atoms with E-state index in [-0.39, 0.29) is 5.91 Å². The number of nitrogens with two attached hydrogens (primary N) is 1. The number of fused-ring (bicyclic) bond motifs is 1. The molecule has 3 aromatic rings. The van der Waals surface area contributed by atoms with E-state index < -0.39 is 0 Å². The maximum absolute atomic E-state index is 12.2. The Bertz CT molecular complexity index is 795. The molecular formula is C13H12ClN5OS. The summed E-state index contributed by atoms with van der Waals surface area (Å²) in [7, 11) is 1.76. The molecule has 3 rings (SSSR count). The molecule has 0 unspecified atom stereocenters. The number of aromatic nitrogens is 2. The zero-order chi connectivity index (χ0) is 15.0. The molecule has 0 bridgehead atoms. The number of rotatable bonds is 3. The quantitative estimate of drug-likeness (QED) is 0.647. The molecule has 8 heteroatoms. The molecule has 0 aliphatic carbocycles. The van der Waals surface area contributed by atoms with Crippen molar-refractivity contribution in [1.82, 2.24) is 15.6 Å². The molecule has 108 valence electrons. The molecule has 0 spiro atoms. The zero-order valence-electron chi connectivity index (χ0n) is 11.1. The Morgan fingerprint density at radius 3 is 2.81 bits per heavy atom. The van der Waals surface area contributed by atoms with Gasteiger partial charge in [-0.1, -0.05) is 11.6 Å². The van der Waals surface area contributed by atoms with E-state index in [9.17, 15) is 4.79 Å². The van der Waals surface area contributed by atoms with Gasteiger partial charge in [0.1, 0.15) is 10.6 Å². The van der Waals surface area contributed by atoms with Gasteiger partial charge in [-0.15, -0.1) is 11.3 Å². The molecule has 0 saturated heterocycles. The summed E-state index contributed by atoms with van der Waals surface area (Å²) < 4.78 is 0. The fourth-order valence-corrected chi connectivity index (χ4v) is 2.90. The number of hydrogen-bond donors (Lipinski definition) is 3. The predicted octanol–water partition coefficient (Wildman–Crippen LogP) is 2.64. The third-order valence-electron chi connectivity index (χ3n) is 2.99. The van der Waals surface area contributed by atoms with Crippen LogP contribution in [0.2, 0.25) is 5.02 Å². The van der Waals surface area contributed by atoms with E-state index in [1.54, 1.807) is 30.3 Å². The van der Waals surface area contributed by atoms with Crippen LogP contribution in [0.3, 0.4) is 0 Å². The number of halogens is 1. The summed E-state index contributed by atoms with van der Waals surface area (Å²) in [6.45, 7) is 0. The van der Waals surface area contributed by atoms with Crippen molar-refractivity contribution in [2.45, 2.75) is 0 Å². The Hall–Kier alpha value is -2.25. The molecule has 0 aliphatic heterocycles. The summed E-state index contributed by atoms with van der Waals surface area (Å²) in [5.74, 6) is 0.251. The van der Waals surface area contributed by atoms with Gasteiger partial charge in [-0.3, -0.25) is 20.3 Å². The van der Waals surface area contributed by atoms with Crippen molar-refractivity contribution in [1.29, 1.82) is 0 Å². The van der Waals surface area contributed by atoms with Crippen molar-refractivity contribution in [3.63, 3.8) is 0 Å². The molecule has 0 radical (unpaired) electrons. The maximum atomic E-state index is 12.2. The van der Waals surface area contributed by atoms with E-state index in [2.05, 4.69) is 15.6 Å². The Labute approximate surface area is 129 Å². The lowest BCUT2D eigenvalue weighted by atomic mass is 10.3. The Morgan fingerprint density at radius 1 is 1.43 bits per heavy atom. The summed E-state index contributed by atoms with van der Waals surface area (Å²) in [5.41, 5.74) is 9.34. The van der Waals surface area contributed by atoms with Crippen LogP contribution in [0.5, 0.6) is 0 Å². The molecule has 2 aromatic heterocycles. The van der Waals surface area contributed by atoms with E-state index >= 15 is 0 Å². The monoisotopic (exact) mass is 321 g/mol. The number of amides is 1. The zero-order valence-corrected chi connectivity index (χ0v) is 12.6. The number of nitrogen functional groups attached to an aromatic ring is 1. The molecule has 1 aromatic carbocycles. The standard InChI is InChI=1S/C13H12ClN5OS/c1-19(8-4-2-7(14)3-5-8)18-12(20)10-6-9-11(15)16-17-13(9)21-10/h2-6H,1H3,(H,18,20)(H3,15,16,17). The van der Waals surface area contributed by atoms with Crippen LogP contribution in [-0.2, 0) is 0 Å². The van der Waals surface area contributed by atoms with E-state index in [4.69, 9.17) is 17.3 Å². The summed E-state index contributed by atoms with van der Waals surface area (Å²) in [5, 5.41) is 9.75. The van der Waals surface area contributed by atoms with Gasteiger partial charge in [-0.2, -0.15) is 5.10 Å². The van der Waals surface area contributed by atoms with Gasteiger partial charge in [0, 0.05) is 12.1 Å². The van der Waals surface area contributed by atoms with Crippen LogP contribution in [0.4, 0.5) is 11.5 Å². The predicted molar refractivity (Wildman–Crippen MR) is 85.7 cm³/mol. The second-order valence-electron chi connectivity index (χ2n) is 4.44. The van der Waals surface area contributed by atoms with Gasteiger partial charge >= 0.3 is 0 Å². The number of hydrogen-bond acceptors (Lipinski definition) is 5. The minimum Gasteiger partial charge on any atom is -0.384 e. The summed E-state index contributed by atoms with van der Waals surface area (Å²) in [6.07, 6.45) is 0. The number of H-pyrrole nitrogens is 1. The molecule has 0 fully saturated rings. The van der Waals surface area contributed by atoms with Gasteiger partial charge in [0.25, 0.3) is 5.91 Å². The second-order valence-corrected chi connectivity index (χ2v) is 5.91. The maximum Gasteiger partial charge on any atom is 0.279 e. The molecular weight excluding hydrogens is 310 g/mol. The number of hydrazine groups is 1. The van der Waals surface area contributed by atoms with E-state index in [0.717, 1.165) is 11.1 Å². The second kappa shape index (κ2) is 5.27. The van der Waals surface area contributed by atoms with Crippen LogP contribution < -0.4 is 16.2 Å². The lowest BCUT2D eigenvalue weighted by molar-refractivity contribution is 0.0955. The largest absolute Gasteiger partial charge is 0.384 e. The van der Waals surface area contributed by atoms with Crippen molar-refractivity contribution in [3.05, 3.63) is 40.2 Å². The molecule has 0 atom stereocenters. The first kappa shape index (κ1) is 13.7. The first-order valence-electron chi connectivity index (χ1n) is 6.08. The average molecular weight is 322 g/mol. The number of carbonyl (C=O) groups excluding carboxylic acids is 1. The summed E-state index contributed by atoms with van der Waals surface area (Å²) in [6, 6.07) is 8.90. The van der Waals surface area contributed by atoms with Gasteiger partial charge in [0.15, 0.2) is 0 Å². The fourth-order valence-electron chi connectivity index (χ4n) is 1.88. The third kappa shape index (κ3) is 2.65. The summed E-state index contributed by atoms with van der Waals surface area (Å²) >= 11 is 7.12. The van der Waals surface area contributed by atoms with Crippen LogP contribution in [-0.4, -0.2) is 23.2 Å². The lowest BCUT2D eigenvalue weighted by Gasteiger charge is -2.19. The highest BCUT2D eigenvalue weighted by Crippen LogP contribution is 2.27. The van der Waals surface area contributed by atoms with E-state index in [1.165, 1.54) is 11.3 Å². The molecule has 1 amide bonds. The molecule has 0 saturated carbocycles. The van der Waals surface area contributed by atoms with Gasteiger partial charge in [-0.05, 0) is 30.3 Å². The Balaban J connectivity index is 1.77. The topological polar surface area (TPSA) is 87.0 Å². The van der Waals surface area contributed by atoms with Gasteiger partial charge < -0.3 is 5.73 Å². The van der Waals surface area contributed by atoms with Crippen molar-refractivity contribution in [2.75, 3.05) is 17.8 Å². The highest BCUT2D eigenvalue weighted by Gasteiger charge is 2.15.